The van der Waals surface area contributed by atoms with Gasteiger partial charge in [-0.3, -0.25) is 0 Å². The highest BCUT2D eigenvalue weighted by Gasteiger charge is 2.06. The number of benzene rings is 1. The Kier molecular flexibility index (Phi) is 6.21. The van der Waals surface area contributed by atoms with Gasteiger partial charge < -0.3 is 25.2 Å². The molecule has 0 aliphatic heterocycles. The van der Waals surface area contributed by atoms with Crippen molar-refractivity contribution in [2.75, 3.05) is 37.3 Å². The van der Waals surface area contributed by atoms with Crippen molar-refractivity contribution in [3.8, 4) is 5.75 Å². The number of anilines is 2. The van der Waals surface area contributed by atoms with Crippen LogP contribution in [-0.4, -0.2) is 31.8 Å². The van der Waals surface area contributed by atoms with E-state index >= 15 is 0 Å². The average molecular weight is 240 g/mol. The summed E-state index contributed by atoms with van der Waals surface area (Å²) in [6.07, 6.45) is 0. The van der Waals surface area contributed by atoms with Crippen LogP contribution in [0.1, 0.15) is 13.8 Å². The number of hydrogen-bond donors (Lipinski definition) is 3. The number of aromatic hydroxyl groups is 1. The maximum Gasteiger partial charge on any atom is 0.140 e. The van der Waals surface area contributed by atoms with E-state index in [-0.39, 0.29) is 5.75 Å². The summed E-state index contributed by atoms with van der Waals surface area (Å²) < 4.78 is 10.4. The topological polar surface area (TPSA) is 62.8 Å². The summed E-state index contributed by atoms with van der Waals surface area (Å²) in [4.78, 5) is 0. The van der Waals surface area contributed by atoms with Crippen LogP contribution in [-0.2, 0) is 9.47 Å². The molecule has 0 fully saturated rings. The van der Waals surface area contributed by atoms with E-state index in [0.717, 1.165) is 5.69 Å². The second-order valence-electron chi connectivity index (χ2n) is 3.33. The summed E-state index contributed by atoms with van der Waals surface area (Å²) in [5, 5.41) is 15.8. The molecule has 0 bridgehead atoms. The van der Waals surface area contributed by atoms with Crippen LogP contribution in [0.2, 0.25) is 0 Å². The zero-order valence-electron chi connectivity index (χ0n) is 10.3. The maximum atomic E-state index is 9.75. The van der Waals surface area contributed by atoms with E-state index in [1.807, 2.05) is 19.9 Å². The van der Waals surface area contributed by atoms with Gasteiger partial charge >= 0.3 is 0 Å². The largest absolute Gasteiger partial charge is 0.506 e. The summed E-state index contributed by atoms with van der Waals surface area (Å²) in [7, 11) is 0. The Morgan fingerprint density at radius 2 is 1.71 bits per heavy atom. The SMILES string of the molecule is CCOCNc1cccc(O)c1NCOCC. The number of nitrogens with one attached hydrogen (secondary N) is 2. The smallest absolute Gasteiger partial charge is 0.140 e. The molecule has 0 aliphatic rings. The highest BCUT2D eigenvalue weighted by molar-refractivity contribution is 5.74. The lowest BCUT2D eigenvalue weighted by Gasteiger charge is -2.15. The molecule has 5 nitrogen and oxygen atoms in total. The van der Waals surface area contributed by atoms with E-state index in [1.165, 1.54) is 0 Å². The Bertz CT molecular complexity index is 332. The van der Waals surface area contributed by atoms with Crippen LogP contribution in [0.4, 0.5) is 11.4 Å². The Hall–Kier alpha value is -1.46. The summed E-state index contributed by atoms with van der Waals surface area (Å²) in [6.45, 7) is 5.88. The number of phenols is 1. The van der Waals surface area contributed by atoms with Gasteiger partial charge in [0, 0.05) is 13.2 Å². The molecule has 0 saturated carbocycles. The number of phenolic OH excluding ortho intramolecular Hbond substituents is 1. The fraction of sp³-hybridized carbons (Fsp3) is 0.500. The molecule has 0 heterocycles. The molecule has 0 saturated heterocycles. The molecule has 3 N–H and O–H groups in total. The first-order chi connectivity index (χ1) is 8.29. The Balaban J connectivity index is 2.63. The first-order valence-corrected chi connectivity index (χ1v) is 5.74. The molecule has 1 aromatic carbocycles. The van der Waals surface area contributed by atoms with E-state index in [9.17, 15) is 5.11 Å². The zero-order chi connectivity index (χ0) is 12.5. The van der Waals surface area contributed by atoms with Gasteiger partial charge in [0.2, 0.25) is 0 Å². The van der Waals surface area contributed by atoms with Gasteiger partial charge in [-0.2, -0.15) is 0 Å². The third-order valence-corrected chi connectivity index (χ3v) is 2.17. The number of ether oxygens (including phenoxy) is 2. The van der Waals surface area contributed by atoms with Crippen molar-refractivity contribution in [3.63, 3.8) is 0 Å². The molecule has 0 radical (unpaired) electrons. The molecule has 0 aliphatic carbocycles. The van der Waals surface area contributed by atoms with Crippen molar-refractivity contribution < 1.29 is 14.6 Å². The molecule has 0 aromatic heterocycles. The van der Waals surface area contributed by atoms with Gasteiger partial charge in [-0.1, -0.05) is 6.07 Å². The van der Waals surface area contributed by atoms with Gasteiger partial charge in [0.05, 0.1) is 5.69 Å². The van der Waals surface area contributed by atoms with Gasteiger partial charge in [-0.05, 0) is 26.0 Å². The van der Waals surface area contributed by atoms with Crippen molar-refractivity contribution in [3.05, 3.63) is 18.2 Å². The lowest BCUT2D eigenvalue weighted by Crippen LogP contribution is -2.11. The first-order valence-electron chi connectivity index (χ1n) is 5.74. The van der Waals surface area contributed by atoms with E-state index in [0.29, 0.717) is 32.4 Å². The summed E-state index contributed by atoms with van der Waals surface area (Å²) in [5.74, 6) is 0.186. The average Bonchev–Trinajstić information content (AvgIpc) is 2.33. The lowest BCUT2D eigenvalue weighted by atomic mass is 10.2. The molecular weight excluding hydrogens is 220 g/mol. The van der Waals surface area contributed by atoms with Crippen molar-refractivity contribution in [1.29, 1.82) is 0 Å². The first kappa shape index (κ1) is 13.6. The van der Waals surface area contributed by atoms with Crippen LogP contribution in [0.3, 0.4) is 0 Å². The van der Waals surface area contributed by atoms with Gasteiger partial charge in [0.15, 0.2) is 0 Å². The van der Waals surface area contributed by atoms with Crippen molar-refractivity contribution in [2.45, 2.75) is 13.8 Å². The van der Waals surface area contributed by atoms with Crippen LogP contribution in [0.5, 0.6) is 5.75 Å². The summed E-state index contributed by atoms with van der Waals surface area (Å²) >= 11 is 0. The highest BCUT2D eigenvalue weighted by atomic mass is 16.5. The standard InChI is InChI=1S/C12H20N2O3/c1-3-16-8-13-10-6-5-7-11(15)12(10)14-9-17-4-2/h5-7,13-15H,3-4,8-9H2,1-2H3. The minimum Gasteiger partial charge on any atom is -0.506 e. The quantitative estimate of drug-likeness (QED) is 0.369. The Morgan fingerprint density at radius 3 is 2.35 bits per heavy atom. The van der Waals surface area contributed by atoms with Crippen LogP contribution in [0, 0.1) is 0 Å². The van der Waals surface area contributed by atoms with Crippen molar-refractivity contribution in [1.82, 2.24) is 0 Å². The molecule has 1 aromatic rings. The fourth-order valence-electron chi connectivity index (χ4n) is 1.33. The minimum atomic E-state index is 0.186. The van der Waals surface area contributed by atoms with Crippen molar-refractivity contribution in [2.24, 2.45) is 0 Å². The van der Waals surface area contributed by atoms with E-state index < -0.39 is 0 Å². The molecule has 1 rings (SSSR count). The summed E-state index contributed by atoms with van der Waals surface area (Å²) in [5.41, 5.74) is 1.42. The molecule has 96 valence electrons. The predicted octanol–water partition coefficient (Wildman–Crippen LogP) is 2.20. The predicted molar refractivity (Wildman–Crippen MR) is 68.3 cm³/mol. The molecule has 17 heavy (non-hydrogen) atoms. The molecule has 0 atom stereocenters. The van der Waals surface area contributed by atoms with Crippen LogP contribution in [0.15, 0.2) is 18.2 Å². The van der Waals surface area contributed by atoms with Gasteiger partial charge in [-0.15, -0.1) is 0 Å². The lowest BCUT2D eigenvalue weighted by molar-refractivity contribution is 0.165. The molecule has 0 amide bonds. The van der Waals surface area contributed by atoms with E-state index in [4.69, 9.17) is 9.47 Å². The normalized spacial score (nSPS) is 10.2. The zero-order valence-corrected chi connectivity index (χ0v) is 10.3. The molecule has 5 heteroatoms. The second-order valence-corrected chi connectivity index (χ2v) is 3.33. The third-order valence-electron chi connectivity index (χ3n) is 2.17. The Labute approximate surface area is 102 Å². The van der Waals surface area contributed by atoms with E-state index in [1.54, 1.807) is 12.1 Å². The second kappa shape index (κ2) is 7.76. The molecule has 0 spiro atoms. The van der Waals surface area contributed by atoms with Gasteiger partial charge in [-0.25, -0.2) is 0 Å². The number of hydrogen-bond acceptors (Lipinski definition) is 5. The number of para-hydroxylation sites is 1. The monoisotopic (exact) mass is 240 g/mol. The summed E-state index contributed by atoms with van der Waals surface area (Å²) in [6, 6.07) is 5.27. The fourth-order valence-corrected chi connectivity index (χ4v) is 1.33. The van der Waals surface area contributed by atoms with Crippen LogP contribution >= 0.6 is 0 Å². The maximum absolute atomic E-state index is 9.75. The van der Waals surface area contributed by atoms with Crippen molar-refractivity contribution >= 4 is 11.4 Å². The van der Waals surface area contributed by atoms with Crippen LogP contribution in [0.25, 0.3) is 0 Å². The van der Waals surface area contributed by atoms with Gasteiger partial charge in [0.1, 0.15) is 24.9 Å². The van der Waals surface area contributed by atoms with E-state index in [2.05, 4.69) is 10.6 Å². The third kappa shape index (κ3) is 4.50. The van der Waals surface area contributed by atoms with Crippen LogP contribution < -0.4 is 10.6 Å². The molecular formula is C12H20N2O3. The number of rotatable bonds is 8. The molecule has 0 unspecified atom stereocenters. The highest BCUT2D eigenvalue weighted by Crippen LogP contribution is 2.31. The Morgan fingerprint density at radius 1 is 1.06 bits per heavy atom. The van der Waals surface area contributed by atoms with Gasteiger partial charge in [0.25, 0.3) is 0 Å². The minimum absolute atomic E-state index is 0.186.